The zero-order chi connectivity index (χ0) is 26.0. The lowest BCUT2D eigenvalue weighted by Crippen LogP contribution is -2.40. The number of hydrazine groups is 1. The van der Waals surface area contributed by atoms with E-state index < -0.39 is 24.3 Å². The third-order valence-corrected chi connectivity index (χ3v) is 6.15. The predicted molar refractivity (Wildman–Crippen MR) is 130 cm³/mol. The minimum Gasteiger partial charge on any atom is -0.488 e. The summed E-state index contributed by atoms with van der Waals surface area (Å²) in [4.78, 5) is 29.6. The summed E-state index contributed by atoms with van der Waals surface area (Å²) in [5.41, 5.74) is 2.36. The number of carbonyl (C=O) groups excluding carboxylic acids is 2. The Bertz CT molecular complexity index is 1130. The Kier molecular flexibility index (Phi) is 7.70. The van der Waals surface area contributed by atoms with Crippen LogP contribution in [0, 0.1) is 5.82 Å². The van der Waals surface area contributed by atoms with Gasteiger partial charge in [-0.3, -0.25) is 4.79 Å². The van der Waals surface area contributed by atoms with E-state index in [-0.39, 0.29) is 40.4 Å². The third-order valence-electron chi connectivity index (χ3n) is 6.15. The fourth-order valence-corrected chi connectivity index (χ4v) is 4.55. The van der Waals surface area contributed by atoms with Crippen molar-refractivity contribution >= 4 is 23.3 Å². The summed E-state index contributed by atoms with van der Waals surface area (Å²) < 4.78 is 48.2. The lowest BCUT2D eigenvalue weighted by Gasteiger charge is -2.26. The topological polar surface area (TPSA) is 77.2 Å². The van der Waals surface area contributed by atoms with Gasteiger partial charge in [0.2, 0.25) is 0 Å². The van der Waals surface area contributed by atoms with Crippen LogP contribution in [0.15, 0.2) is 36.4 Å². The highest BCUT2D eigenvalue weighted by Gasteiger charge is 2.40. The lowest BCUT2D eigenvalue weighted by molar-refractivity contribution is 0.101. The Morgan fingerprint density at radius 3 is 2.69 bits per heavy atom. The van der Waals surface area contributed by atoms with E-state index in [1.54, 1.807) is 11.8 Å². The van der Waals surface area contributed by atoms with Gasteiger partial charge in [0.25, 0.3) is 12.3 Å². The Morgan fingerprint density at radius 2 is 2.00 bits per heavy atom. The molecule has 4 rings (SSSR count). The number of nitrogens with zero attached hydrogens (tertiary/aromatic N) is 3. The molecule has 194 valence electrons. The van der Waals surface area contributed by atoms with Crippen LogP contribution < -0.4 is 20.5 Å². The minimum atomic E-state index is -2.80. The third kappa shape index (κ3) is 5.41. The molecule has 0 aromatic heterocycles. The van der Waals surface area contributed by atoms with E-state index in [4.69, 9.17) is 4.74 Å². The molecular weight excluding hydrogens is 475 g/mol. The van der Waals surface area contributed by atoms with Gasteiger partial charge in [-0.15, -0.1) is 0 Å². The summed E-state index contributed by atoms with van der Waals surface area (Å²) in [5.74, 6) is -1.60. The summed E-state index contributed by atoms with van der Waals surface area (Å²) in [5, 5.41) is 3.59. The number of halogens is 3. The number of piperidine rings is 1. The van der Waals surface area contributed by atoms with Crippen LogP contribution in [0.2, 0.25) is 0 Å². The molecule has 2 aromatic rings. The van der Waals surface area contributed by atoms with Crippen LogP contribution in [0.3, 0.4) is 0 Å². The molecule has 11 heteroatoms. The molecule has 8 nitrogen and oxygen atoms in total. The number of amides is 3. The van der Waals surface area contributed by atoms with Crippen molar-refractivity contribution in [3.8, 4) is 5.75 Å². The molecule has 2 aliphatic heterocycles. The molecule has 2 N–H and O–H groups in total. The molecule has 0 aliphatic carbocycles. The SMILES string of the molecule is C[C@@H](CN(C)C)Oc1cc(N2NC3CCCCN3C2=O)c(F)cc1C(=O)Nc1ccccc1C(F)F. The van der Waals surface area contributed by atoms with Crippen molar-refractivity contribution in [3.05, 3.63) is 53.3 Å². The Labute approximate surface area is 208 Å². The summed E-state index contributed by atoms with van der Waals surface area (Å²) in [6, 6.07) is 7.41. The number of hydrogen-bond donors (Lipinski definition) is 2. The highest BCUT2D eigenvalue weighted by atomic mass is 19.3. The van der Waals surface area contributed by atoms with Gasteiger partial charge in [-0.05, 0) is 52.4 Å². The van der Waals surface area contributed by atoms with Crippen molar-refractivity contribution in [3.63, 3.8) is 0 Å². The molecule has 2 atom stereocenters. The predicted octanol–water partition coefficient (Wildman–Crippen LogP) is 4.60. The molecule has 2 heterocycles. The standard InChI is InChI=1S/C25H30F3N5O3/c1-15(14-31(2)3)36-21-13-20(33-25(35)32-11-7-6-10-22(32)30-33)18(26)12-17(21)24(34)29-19-9-5-4-8-16(19)23(27)28/h4-5,8-9,12-13,15,22-23,30H,6-7,10-11,14H2,1-3H3,(H,29,34)/t15-,22?/m0/s1. The van der Waals surface area contributed by atoms with E-state index in [1.165, 1.54) is 30.3 Å². The molecule has 2 saturated heterocycles. The van der Waals surface area contributed by atoms with Crippen LogP contribution >= 0.6 is 0 Å². The molecule has 2 fully saturated rings. The number of hydrogen-bond acceptors (Lipinski definition) is 5. The molecular formula is C25H30F3N5O3. The van der Waals surface area contributed by atoms with E-state index in [0.717, 1.165) is 30.3 Å². The number of likely N-dealkylation sites (N-methyl/N-ethyl adjacent to an activating group) is 1. The van der Waals surface area contributed by atoms with Crippen molar-refractivity contribution in [2.24, 2.45) is 0 Å². The number of urea groups is 1. The van der Waals surface area contributed by atoms with Gasteiger partial charge in [0.15, 0.2) is 0 Å². The van der Waals surface area contributed by atoms with Gasteiger partial charge in [-0.25, -0.2) is 28.4 Å². The largest absolute Gasteiger partial charge is 0.488 e. The number of alkyl halides is 2. The summed E-state index contributed by atoms with van der Waals surface area (Å²) >= 11 is 0. The fraction of sp³-hybridized carbons (Fsp3) is 0.440. The molecule has 0 spiro atoms. The molecule has 36 heavy (non-hydrogen) atoms. The molecule has 0 radical (unpaired) electrons. The minimum absolute atomic E-state index is 0.0345. The summed E-state index contributed by atoms with van der Waals surface area (Å²) in [7, 11) is 3.71. The average molecular weight is 506 g/mol. The molecule has 3 amide bonds. The monoisotopic (exact) mass is 505 g/mol. The first-order chi connectivity index (χ1) is 17.2. The first-order valence-corrected chi connectivity index (χ1v) is 11.9. The van der Waals surface area contributed by atoms with Gasteiger partial charge in [-0.2, -0.15) is 0 Å². The van der Waals surface area contributed by atoms with E-state index in [9.17, 15) is 18.4 Å². The number of nitrogens with one attached hydrogen (secondary N) is 2. The van der Waals surface area contributed by atoms with Crippen LogP contribution in [0.1, 0.15) is 48.5 Å². The second-order valence-corrected chi connectivity index (χ2v) is 9.28. The highest BCUT2D eigenvalue weighted by molar-refractivity contribution is 6.07. The number of fused-ring (bicyclic) bond motifs is 1. The maximum Gasteiger partial charge on any atom is 0.340 e. The van der Waals surface area contributed by atoms with Crippen LogP contribution in [-0.2, 0) is 0 Å². The molecule has 2 aliphatic rings. The molecule has 2 aromatic carbocycles. The van der Waals surface area contributed by atoms with Crippen LogP contribution in [-0.4, -0.2) is 61.2 Å². The van der Waals surface area contributed by atoms with Crippen molar-refractivity contribution in [2.45, 2.75) is 44.9 Å². The van der Waals surface area contributed by atoms with E-state index >= 15 is 4.39 Å². The van der Waals surface area contributed by atoms with Crippen LogP contribution in [0.4, 0.5) is 29.3 Å². The zero-order valence-corrected chi connectivity index (χ0v) is 20.4. The quantitative estimate of drug-likeness (QED) is 0.549. The zero-order valence-electron chi connectivity index (χ0n) is 20.4. The van der Waals surface area contributed by atoms with Gasteiger partial charge >= 0.3 is 6.03 Å². The maximum atomic E-state index is 15.4. The van der Waals surface area contributed by atoms with E-state index in [1.807, 2.05) is 19.0 Å². The van der Waals surface area contributed by atoms with E-state index in [2.05, 4.69) is 10.7 Å². The Morgan fingerprint density at radius 1 is 1.25 bits per heavy atom. The summed E-state index contributed by atoms with van der Waals surface area (Å²) in [6.45, 7) is 2.86. The number of carbonyl (C=O) groups is 2. The number of para-hydroxylation sites is 1. The van der Waals surface area contributed by atoms with Crippen molar-refractivity contribution in [2.75, 3.05) is 37.5 Å². The van der Waals surface area contributed by atoms with Gasteiger partial charge in [0, 0.05) is 30.4 Å². The molecule has 1 unspecified atom stereocenters. The van der Waals surface area contributed by atoms with Crippen molar-refractivity contribution in [1.82, 2.24) is 15.2 Å². The number of rotatable bonds is 8. The second-order valence-electron chi connectivity index (χ2n) is 9.28. The first-order valence-electron chi connectivity index (χ1n) is 11.9. The molecule has 0 saturated carbocycles. The van der Waals surface area contributed by atoms with Crippen molar-refractivity contribution in [1.29, 1.82) is 0 Å². The van der Waals surface area contributed by atoms with Gasteiger partial charge in [-0.1, -0.05) is 18.2 Å². The van der Waals surface area contributed by atoms with E-state index in [0.29, 0.717) is 13.1 Å². The highest BCUT2D eigenvalue weighted by Crippen LogP contribution is 2.34. The normalized spacial score (nSPS) is 18.6. The van der Waals surface area contributed by atoms with Crippen LogP contribution in [0.25, 0.3) is 0 Å². The average Bonchev–Trinajstić information content (AvgIpc) is 3.16. The number of benzene rings is 2. The maximum absolute atomic E-state index is 15.4. The number of anilines is 2. The van der Waals surface area contributed by atoms with Gasteiger partial charge < -0.3 is 19.9 Å². The molecule has 0 bridgehead atoms. The summed E-state index contributed by atoms with van der Waals surface area (Å²) in [6.07, 6.45) is -0.856. The fourth-order valence-electron chi connectivity index (χ4n) is 4.55. The second kappa shape index (κ2) is 10.8. The van der Waals surface area contributed by atoms with Crippen molar-refractivity contribution < 1.29 is 27.5 Å². The lowest BCUT2D eigenvalue weighted by atomic mass is 10.1. The first kappa shape index (κ1) is 25.8. The van der Waals surface area contributed by atoms with Crippen LogP contribution in [0.5, 0.6) is 5.75 Å². The Balaban J connectivity index is 1.69. The van der Waals surface area contributed by atoms with Gasteiger partial charge in [0.1, 0.15) is 29.5 Å². The smallest absolute Gasteiger partial charge is 0.340 e. The Hall–Kier alpha value is -3.31. The number of ether oxygens (including phenoxy) is 1. The van der Waals surface area contributed by atoms with Gasteiger partial charge in [0.05, 0.1) is 5.56 Å².